The third kappa shape index (κ3) is 3.28. The maximum Gasteiger partial charge on any atom is 0.228 e. The molecule has 0 radical (unpaired) electrons. The molecule has 0 spiro atoms. The number of halogens is 1. The van der Waals surface area contributed by atoms with Gasteiger partial charge in [-0.3, -0.25) is 4.79 Å². The Kier molecular flexibility index (Phi) is 4.24. The van der Waals surface area contributed by atoms with Gasteiger partial charge in [-0.25, -0.2) is 0 Å². The lowest BCUT2D eigenvalue weighted by Gasteiger charge is -2.22. The third-order valence-corrected chi connectivity index (χ3v) is 5.13. The van der Waals surface area contributed by atoms with E-state index in [2.05, 4.69) is 28.3 Å². The van der Waals surface area contributed by atoms with E-state index in [1.54, 1.807) is 6.07 Å². The van der Waals surface area contributed by atoms with E-state index in [1.165, 1.54) is 16.6 Å². The van der Waals surface area contributed by atoms with Crippen LogP contribution in [0.2, 0.25) is 5.02 Å². The zero-order valence-corrected chi connectivity index (χ0v) is 14.9. The first-order valence-electron chi connectivity index (χ1n) is 8.45. The predicted molar refractivity (Wildman–Crippen MR) is 102 cm³/mol. The summed E-state index contributed by atoms with van der Waals surface area (Å²) in [6.45, 7) is 2.01. The molecule has 1 aromatic heterocycles. The first-order chi connectivity index (χ1) is 12.1. The number of rotatable bonds is 3. The molecule has 1 aliphatic rings. The highest BCUT2D eigenvalue weighted by molar-refractivity contribution is 6.31. The van der Waals surface area contributed by atoms with Crippen LogP contribution in [0.1, 0.15) is 16.8 Å². The van der Waals surface area contributed by atoms with Crippen molar-refractivity contribution >= 4 is 34.1 Å². The molecule has 2 N–H and O–H groups in total. The second kappa shape index (κ2) is 6.54. The third-order valence-electron chi connectivity index (χ3n) is 4.76. The van der Waals surface area contributed by atoms with Gasteiger partial charge in [-0.05, 0) is 42.4 Å². The van der Waals surface area contributed by atoms with Crippen molar-refractivity contribution in [1.29, 1.82) is 0 Å². The van der Waals surface area contributed by atoms with E-state index in [1.807, 2.05) is 30.3 Å². The Morgan fingerprint density at radius 3 is 2.96 bits per heavy atom. The molecular weight excluding hydrogens is 334 g/mol. The zero-order valence-electron chi connectivity index (χ0n) is 14.1. The Bertz CT molecular complexity index is 947. The van der Waals surface area contributed by atoms with Crippen molar-refractivity contribution in [2.45, 2.75) is 19.4 Å². The number of nitrogens with zero attached hydrogens (tertiary/aromatic N) is 1. The summed E-state index contributed by atoms with van der Waals surface area (Å²) in [7, 11) is 2.14. The fourth-order valence-corrected chi connectivity index (χ4v) is 3.65. The molecule has 2 aromatic carbocycles. The molecule has 4 rings (SSSR count). The molecular formula is C20H20ClN3O. The van der Waals surface area contributed by atoms with Crippen molar-refractivity contribution in [2.24, 2.45) is 0 Å². The van der Waals surface area contributed by atoms with Crippen LogP contribution in [0.4, 0.5) is 5.69 Å². The van der Waals surface area contributed by atoms with E-state index in [-0.39, 0.29) is 12.3 Å². The molecule has 4 nitrogen and oxygen atoms in total. The average molecular weight is 354 g/mol. The molecule has 0 atom stereocenters. The van der Waals surface area contributed by atoms with Crippen LogP contribution in [0.25, 0.3) is 10.9 Å². The van der Waals surface area contributed by atoms with Crippen LogP contribution in [-0.2, 0) is 24.2 Å². The van der Waals surface area contributed by atoms with Crippen LogP contribution in [0.3, 0.4) is 0 Å². The van der Waals surface area contributed by atoms with Crippen molar-refractivity contribution in [1.82, 2.24) is 9.88 Å². The number of amides is 1. The number of aromatic amines is 1. The standard InChI is InChI=1S/C20H20ClN3O/c1-24-9-8-19-16(12-24)15-11-14(6-7-18(15)23-19)22-20(25)10-13-4-2-3-5-17(13)21/h2-7,11,23H,8-10,12H2,1H3,(H,22,25). The van der Waals surface area contributed by atoms with Crippen LogP contribution in [0.5, 0.6) is 0 Å². The highest BCUT2D eigenvalue weighted by atomic mass is 35.5. The molecule has 1 amide bonds. The maximum absolute atomic E-state index is 12.4. The zero-order chi connectivity index (χ0) is 17.4. The normalized spacial score (nSPS) is 14.5. The van der Waals surface area contributed by atoms with E-state index in [4.69, 9.17) is 11.6 Å². The van der Waals surface area contributed by atoms with Gasteiger partial charge in [0.15, 0.2) is 0 Å². The molecule has 0 bridgehead atoms. The summed E-state index contributed by atoms with van der Waals surface area (Å²) in [6, 6.07) is 13.5. The van der Waals surface area contributed by atoms with Gasteiger partial charge in [0, 0.05) is 46.8 Å². The Balaban J connectivity index is 1.56. The smallest absolute Gasteiger partial charge is 0.228 e. The predicted octanol–water partition coefficient (Wildman–Crippen LogP) is 3.99. The van der Waals surface area contributed by atoms with Crippen molar-refractivity contribution in [2.75, 3.05) is 18.9 Å². The SMILES string of the molecule is CN1CCc2[nH]c3ccc(NC(=O)Cc4ccccc4Cl)cc3c2C1. The first kappa shape index (κ1) is 16.2. The number of hydrogen-bond acceptors (Lipinski definition) is 2. The lowest BCUT2D eigenvalue weighted by atomic mass is 10.0. The van der Waals surface area contributed by atoms with Crippen molar-refractivity contribution in [3.8, 4) is 0 Å². The van der Waals surface area contributed by atoms with Gasteiger partial charge >= 0.3 is 0 Å². The highest BCUT2D eigenvalue weighted by Crippen LogP contribution is 2.29. The fourth-order valence-electron chi connectivity index (χ4n) is 3.45. The minimum Gasteiger partial charge on any atom is -0.358 e. The Morgan fingerprint density at radius 1 is 1.28 bits per heavy atom. The van der Waals surface area contributed by atoms with E-state index >= 15 is 0 Å². The molecule has 0 aliphatic carbocycles. The number of anilines is 1. The molecule has 2 heterocycles. The van der Waals surface area contributed by atoms with Gasteiger partial charge in [0.1, 0.15) is 0 Å². The topological polar surface area (TPSA) is 48.1 Å². The summed E-state index contributed by atoms with van der Waals surface area (Å²) in [5, 5.41) is 4.81. The second-order valence-corrected chi connectivity index (χ2v) is 7.05. The van der Waals surface area contributed by atoms with Gasteiger partial charge in [-0.15, -0.1) is 0 Å². The summed E-state index contributed by atoms with van der Waals surface area (Å²) in [5.41, 5.74) is 5.44. The number of likely N-dealkylation sites (N-methyl/N-ethyl adjacent to an activating group) is 1. The van der Waals surface area contributed by atoms with Gasteiger partial charge < -0.3 is 15.2 Å². The lowest BCUT2D eigenvalue weighted by Crippen LogP contribution is -2.26. The number of carbonyl (C=O) groups excluding carboxylic acids is 1. The minimum atomic E-state index is -0.0611. The maximum atomic E-state index is 12.4. The van der Waals surface area contributed by atoms with Crippen molar-refractivity contribution in [3.63, 3.8) is 0 Å². The molecule has 0 saturated carbocycles. The van der Waals surface area contributed by atoms with E-state index in [0.717, 1.165) is 36.3 Å². The lowest BCUT2D eigenvalue weighted by molar-refractivity contribution is -0.115. The van der Waals surface area contributed by atoms with Crippen molar-refractivity contribution in [3.05, 3.63) is 64.3 Å². The van der Waals surface area contributed by atoms with Gasteiger partial charge in [-0.1, -0.05) is 29.8 Å². The Hall–Kier alpha value is -2.30. The molecule has 5 heteroatoms. The molecule has 1 aliphatic heterocycles. The fraction of sp³-hybridized carbons (Fsp3) is 0.250. The van der Waals surface area contributed by atoms with E-state index < -0.39 is 0 Å². The summed E-state index contributed by atoms with van der Waals surface area (Å²) in [5.74, 6) is -0.0611. The van der Waals surface area contributed by atoms with Gasteiger partial charge in [-0.2, -0.15) is 0 Å². The number of hydrogen-bond donors (Lipinski definition) is 2. The second-order valence-electron chi connectivity index (χ2n) is 6.65. The summed E-state index contributed by atoms with van der Waals surface area (Å²) in [6.07, 6.45) is 1.31. The summed E-state index contributed by atoms with van der Waals surface area (Å²) in [4.78, 5) is 18.2. The number of fused-ring (bicyclic) bond motifs is 3. The molecule has 0 unspecified atom stereocenters. The first-order valence-corrected chi connectivity index (χ1v) is 8.83. The quantitative estimate of drug-likeness (QED) is 0.748. The largest absolute Gasteiger partial charge is 0.358 e. The van der Waals surface area contributed by atoms with Gasteiger partial charge in [0.25, 0.3) is 0 Å². The molecule has 3 aromatic rings. The number of aromatic nitrogens is 1. The molecule has 0 saturated heterocycles. The monoisotopic (exact) mass is 353 g/mol. The van der Waals surface area contributed by atoms with Crippen LogP contribution in [-0.4, -0.2) is 29.4 Å². The average Bonchev–Trinajstić information content (AvgIpc) is 2.94. The van der Waals surface area contributed by atoms with Crippen LogP contribution in [0.15, 0.2) is 42.5 Å². The van der Waals surface area contributed by atoms with Gasteiger partial charge in [0.05, 0.1) is 6.42 Å². The van der Waals surface area contributed by atoms with Crippen LogP contribution >= 0.6 is 11.6 Å². The summed E-state index contributed by atoms with van der Waals surface area (Å²) < 4.78 is 0. The van der Waals surface area contributed by atoms with E-state index in [0.29, 0.717) is 5.02 Å². The number of H-pyrrole nitrogens is 1. The van der Waals surface area contributed by atoms with Crippen LogP contribution in [0, 0.1) is 0 Å². The van der Waals surface area contributed by atoms with Crippen LogP contribution < -0.4 is 5.32 Å². The number of nitrogens with one attached hydrogen (secondary N) is 2. The molecule has 25 heavy (non-hydrogen) atoms. The number of benzene rings is 2. The Morgan fingerprint density at radius 2 is 2.12 bits per heavy atom. The Labute approximate surface area is 151 Å². The van der Waals surface area contributed by atoms with E-state index in [9.17, 15) is 4.79 Å². The van der Waals surface area contributed by atoms with Gasteiger partial charge in [0.2, 0.25) is 5.91 Å². The number of carbonyl (C=O) groups is 1. The molecule has 128 valence electrons. The molecule has 0 fully saturated rings. The minimum absolute atomic E-state index is 0.0611. The summed E-state index contributed by atoms with van der Waals surface area (Å²) >= 11 is 6.14. The highest BCUT2D eigenvalue weighted by Gasteiger charge is 2.18. The van der Waals surface area contributed by atoms with Crippen molar-refractivity contribution < 1.29 is 4.79 Å².